The first kappa shape index (κ1) is 12.0. The monoisotopic (exact) mass is 261 g/mol. The molecule has 1 aromatic carbocycles. The van der Waals surface area contributed by atoms with E-state index in [9.17, 15) is 0 Å². The van der Waals surface area contributed by atoms with Gasteiger partial charge in [-0.05, 0) is 24.6 Å². The van der Waals surface area contributed by atoms with Crippen LogP contribution in [0.4, 0.5) is 0 Å². The molecular formula is C13H15N3O3. The maximum atomic E-state index is 5.37. The van der Waals surface area contributed by atoms with Crippen LogP contribution in [0.25, 0.3) is 0 Å². The van der Waals surface area contributed by atoms with Gasteiger partial charge in [-0.2, -0.15) is 4.98 Å². The third-order valence-electron chi connectivity index (χ3n) is 3.03. The van der Waals surface area contributed by atoms with Crippen molar-refractivity contribution in [2.45, 2.75) is 26.4 Å². The van der Waals surface area contributed by atoms with Crippen molar-refractivity contribution in [1.82, 2.24) is 15.5 Å². The Bertz CT molecular complexity index is 582. The summed E-state index contributed by atoms with van der Waals surface area (Å²) in [5.74, 6) is 2.82. The molecule has 0 fully saturated rings. The first-order valence-corrected chi connectivity index (χ1v) is 6.14. The van der Waals surface area contributed by atoms with E-state index in [1.54, 1.807) is 6.92 Å². The van der Waals surface area contributed by atoms with E-state index in [1.807, 2.05) is 18.2 Å². The molecule has 1 aromatic heterocycles. The molecule has 1 N–H and O–H groups in total. The summed E-state index contributed by atoms with van der Waals surface area (Å²) < 4.78 is 15.6. The summed E-state index contributed by atoms with van der Waals surface area (Å²) in [6.45, 7) is 4.71. The average molecular weight is 261 g/mol. The van der Waals surface area contributed by atoms with Crippen LogP contribution in [0.3, 0.4) is 0 Å². The van der Waals surface area contributed by atoms with Gasteiger partial charge >= 0.3 is 0 Å². The minimum Gasteiger partial charge on any atom is -0.454 e. The summed E-state index contributed by atoms with van der Waals surface area (Å²) in [7, 11) is 0. The Morgan fingerprint density at radius 3 is 2.95 bits per heavy atom. The van der Waals surface area contributed by atoms with Gasteiger partial charge in [0.05, 0.1) is 6.54 Å². The highest BCUT2D eigenvalue weighted by atomic mass is 16.7. The van der Waals surface area contributed by atoms with Crippen LogP contribution in [0.1, 0.15) is 30.2 Å². The van der Waals surface area contributed by atoms with E-state index in [4.69, 9.17) is 14.0 Å². The maximum Gasteiger partial charge on any atom is 0.231 e. The Kier molecular flexibility index (Phi) is 3.08. The number of fused-ring (bicyclic) bond motifs is 1. The van der Waals surface area contributed by atoms with Crippen LogP contribution >= 0.6 is 0 Å². The first-order valence-electron chi connectivity index (χ1n) is 6.14. The van der Waals surface area contributed by atoms with Crippen LogP contribution in [0.2, 0.25) is 0 Å². The van der Waals surface area contributed by atoms with Crippen LogP contribution in [-0.4, -0.2) is 16.9 Å². The van der Waals surface area contributed by atoms with Crippen molar-refractivity contribution in [3.05, 3.63) is 35.5 Å². The molecule has 0 radical (unpaired) electrons. The molecule has 1 unspecified atom stereocenters. The van der Waals surface area contributed by atoms with E-state index in [-0.39, 0.29) is 6.04 Å². The number of nitrogens with one attached hydrogen (secondary N) is 1. The Hall–Kier alpha value is -2.08. The van der Waals surface area contributed by atoms with Gasteiger partial charge in [0.15, 0.2) is 17.3 Å². The molecule has 0 amide bonds. The fourth-order valence-electron chi connectivity index (χ4n) is 1.96. The lowest BCUT2D eigenvalue weighted by Crippen LogP contribution is -2.18. The van der Waals surface area contributed by atoms with Gasteiger partial charge in [0, 0.05) is 13.0 Å². The Morgan fingerprint density at radius 1 is 1.32 bits per heavy atom. The van der Waals surface area contributed by atoms with Gasteiger partial charge in [-0.1, -0.05) is 11.2 Å². The number of hydrogen-bond acceptors (Lipinski definition) is 6. The average Bonchev–Trinajstić information content (AvgIpc) is 3.03. The molecule has 2 heterocycles. The second-order valence-corrected chi connectivity index (χ2v) is 4.44. The van der Waals surface area contributed by atoms with Crippen molar-refractivity contribution < 1.29 is 14.0 Å². The highest BCUT2D eigenvalue weighted by Crippen LogP contribution is 2.34. The van der Waals surface area contributed by atoms with E-state index < -0.39 is 0 Å². The van der Waals surface area contributed by atoms with Crippen LogP contribution in [0.15, 0.2) is 22.7 Å². The molecule has 2 aromatic rings. The molecule has 0 saturated heterocycles. The Morgan fingerprint density at radius 2 is 2.16 bits per heavy atom. The van der Waals surface area contributed by atoms with Gasteiger partial charge in [-0.15, -0.1) is 0 Å². The van der Waals surface area contributed by atoms with E-state index in [1.165, 1.54) is 0 Å². The molecule has 1 aliphatic heterocycles. The van der Waals surface area contributed by atoms with E-state index in [0.29, 0.717) is 25.1 Å². The second kappa shape index (κ2) is 4.89. The Labute approximate surface area is 110 Å². The number of aryl methyl sites for hydroxylation is 1. The molecule has 0 bridgehead atoms. The number of rotatable bonds is 4. The zero-order valence-electron chi connectivity index (χ0n) is 10.8. The van der Waals surface area contributed by atoms with E-state index >= 15 is 0 Å². The molecule has 100 valence electrons. The normalized spacial score (nSPS) is 14.6. The number of hydrogen-bond donors (Lipinski definition) is 1. The van der Waals surface area contributed by atoms with Crippen LogP contribution < -0.4 is 14.8 Å². The number of ether oxygens (including phenoxy) is 2. The zero-order valence-corrected chi connectivity index (χ0v) is 10.8. The minimum atomic E-state index is 0.160. The molecule has 0 spiro atoms. The van der Waals surface area contributed by atoms with E-state index in [0.717, 1.165) is 17.1 Å². The molecule has 6 nitrogen and oxygen atoms in total. The van der Waals surface area contributed by atoms with Gasteiger partial charge < -0.3 is 19.3 Å². The summed E-state index contributed by atoms with van der Waals surface area (Å²) in [5, 5.41) is 7.18. The maximum absolute atomic E-state index is 5.37. The lowest BCUT2D eigenvalue weighted by Gasteiger charge is -2.13. The van der Waals surface area contributed by atoms with Crippen molar-refractivity contribution in [1.29, 1.82) is 0 Å². The summed E-state index contributed by atoms with van der Waals surface area (Å²) >= 11 is 0. The lowest BCUT2D eigenvalue weighted by molar-refractivity contribution is 0.174. The third kappa shape index (κ3) is 2.53. The Balaban J connectivity index is 1.65. The van der Waals surface area contributed by atoms with Gasteiger partial charge in [0.1, 0.15) is 0 Å². The van der Waals surface area contributed by atoms with Crippen molar-refractivity contribution in [2.75, 3.05) is 6.79 Å². The van der Waals surface area contributed by atoms with Crippen molar-refractivity contribution >= 4 is 0 Å². The molecular weight excluding hydrogens is 246 g/mol. The standard InChI is InChI=1S/C13H15N3O3/c1-8(14-6-13-15-9(2)19-16-13)10-3-4-11-12(5-10)18-7-17-11/h3-5,8,14H,6-7H2,1-2H3. The number of aromatic nitrogens is 2. The second-order valence-electron chi connectivity index (χ2n) is 4.44. The predicted molar refractivity (Wildman–Crippen MR) is 66.9 cm³/mol. The molecule has 19 heavy (non-hydrogen) atoms. The molecule has 0 aliphatic carbocycles. The molecule has 6 heteroatoms. The van der Waals surface area contributed by atoms with Crippen LogP contribution in [-0.2, 0) is 6.54 Å². The summed E-state index contributed by atoms with van der Waals surface area (Å²) in [4.78, 5) is 4.15. The molecule has 3 rings (SSSR count). The summed E-state index contributed by atoms with van der Waals surface area (Å²) in [6.07, 6.45) is 0. The van der Waals surface area contributed by atoms with E-state index in [2.05, 4.69) is 22.4 Å². The van der Waals surface area contributed by atoms with Crippen LogP contribution in [0.5, 0.6) is 11.5 Å². The van der Waals surface area contributed by atoms with Gasteiger partial charge in [-0.3, -0.25) is 0 Å². The zero-order chi connectivity index (χ0) is 13.2. The first-order chi connectivity index (χ1) is 9.22. The highest BCUT2D eigenvalue weighted by Gasteiger charge is 2.15. The molecule has 0 saturated carbocycles. The fourth-order valence-corrected chi connectivity index (χ4v) is 1.96. The van der Waals surface area contributed by atoms with Gasteiger partial charge in [0.25, 0.3) is 0 Å². The SMILES string of the molecule is Cc1nc(CNC(C)c2ccc3c(c2)OCO3)no1. The third-order valence-corrected chi connectivity index (χ3v) is 3.03. The van der Waals surface area contributed by atoms with Gasteiger partial charge in [-0.25, -0.2) is 0 Å². The predicted octanol–water partition coefficient (Wildman–Crippen LogP) is 1.96. The van der Waals surface area contributed by atoms with Crippen molar-refractivity contribution in [3.63, 3.8) is 0 Å². The molecule has 1 aliphatic rings. The quantitative estimate of drug-likeness (QED) is 0.907. The summed E-state index contributed by atoms with van der Waals surface area (Å²) in [6, 6.07) is 6.09. The van der Waals surface area contributed by atoms with Crippen molar-refractivity contribution in [3.8, 4) is 11.5 Å². The highest BCUT2D eigenvalue weighted by molar-refractivity contribution is 5.45. The fraction of sp³-hybridized carbons (Fsp3) is 0.385. The van der Waals surface area contributed by atoms with Crippen molar-refractivity contribution in [2.24, 2.45) is 0 Å². The van der Waals surface area contributed by atoms with Gasteiger partial charge in [0.2, 0.25) is 12.7 Å². The number of nitrogens with zero attached hydrogens (tertiary/aromatic N) is 2. The summed E-state index contributed by atoms with van der Waals surface area (Å²) in [5.41, 5.74) is 1.13. The largest absolute Gasteiger partial charge is 0.454 e. The lowest BCUT2D eigenvalue weighted by atomic mass is 10.1. The topological polar surface area (TPSA) is 69.4 Å². The minimum absolute atomic E-state index is 0.160. The number of benzene rings is 1. The molecule has 1 atom stereocenters. The van der Waals surface area contributed by atoms with Crippen LogP contribution in [0, 0.1) is 6.92 Å². The smallest absolute Gasteiger partial charge is 0.231 e.